The Hall–Kier alpha value is -2.73. The molecule has 0 spiro atoms. The third kappa shape index (κ3) is 3.69. The standard InChI is InChI=1S/C19H21N5O/c1-15-20-8-7-18(22-15)24-11-9-23(10-12-24)14-17-13-21-19(25-17)16-5-3-2-4-6-16/h2-8,13H,9-12,14H2,1H3. The minimum atomic E-state index is 0.686. The van der Waals surface area contributed by atoms with Gasteiger partial charge in [-0.15, -0.1) is 0 Å². The SMILES string of the molecule is Cc1nccc(N2CCN(Cc3cnc(-c4ccccc4)o3)CC2)n1. The fraction of sp³-hybridized carbons (Fsp3) is 0.316. The Labute approximate surface area is 147 Å². The first-order valence-electron chi connectivity index (χ1n) is 8.55. The number of aromatic nitrogens is 3. The van der Waals surface area contributed by atoms with Gasteiger partial charge in [-0.05, 0) is 25.1 Å². The highest BCUT2D eigenvalue weighted by atomic mass is 16.4. The molecule has 128 valence electrons. The number of anilines is 1. The normalized spacial score (nSPS) is 15.5. The number of oxazole rings is 1. The van der Waals surface area contributed by atoms with E-state index in [9.17, 15) is 0 Å². The van der Waals surface area contributed by atoms with E-state index in [4.69, 9.17) is 4.42 Å². The van der Waals surface area contributed by atoms with Gasteiger partial charge < -0.3 is 9.32 Å². The third-order valence-electron chi connectivity index (χ3n) is 4.41. The second-order valence-corrected chi connectivity index (χ2v) is 6.22. The fourth-order valence-electron chi connectivity index (χ4n) is 3.07. The maximum absolute atomic E-state index is 5.91. The summed E-state index contributed by atoms with van der Waals surface area (Å²) in [5.41, 5.74) is 1.01. The molecular formula is C19H21N5O. The Balaban J connectivity index is 1.35. The molecule has 1 aliphatic rings. The van der Waals surface area contributed by atoms with E-state index in [1.807, 2.05) is 55.7 Å². The number of hydrogen-bond donors (Lipinski definition) is 0. The van der Waals surface area contributed by atoms with Crippen molar-refractivity contribution in [1.82, 2.24) is 19.9 Å². The van der Waals surface area contributed by atoms with Crippen molar-refractivity contribution in [3.05, 3.63) is 60.4 Å². The first kappa shape index (κ1) is 15.8. The van der Waals surface area contributed by atoms with Crippen LogP contribution >= 0.6 is 0 Å². The summed E-state index contributed by atoms with van der Waals surface area (Å²) in [5, 5.41) is 0. The number of benzene rings is 1. The lowest BCUT2D eigenvalue weighted by atomic mass is 10.2. The lowest BCUT2D eigenvalue weighted by molar-refractivity contribution is 0.231. The smallest absolute Gasteiger partial charge is 0.226 e. The van der Waals surface area contributed by atoms with Gasteiger partial charge in [-0.1, -0.05) is 18.2 Å². The van der Waals surface area contributed by atoms with Crippen molar-refractivity contribution in [3.8, 4) is 11.5 Å². The highest BCUT2D eigenvalue weighted by molar-refractivity contribution is 5.52. The highest BCUT2D eigenvalue weighted by Gasteiger charge is 2.19. The summed E-state index contributed by atoms with van der Waals surface area (Å²) in [5.74, 6) is 3.42. The van der Waals surface area contributed by atoms with Crippen LogP contribution in [0.1, 0.15) is 11.6 Å². The van der Waals surface area contributed by atoms with E-state index in [1.165, 1.54) is 0 Å². The molecule has 6 nitrogen and oxygen atoms in total. The molecule has 0 N–H and O–H groups in total. The van der Waals surface area contributed by atoms with Gasteiger partial charge in [0.25, 0.3) is 0 Å². The molecule has 1 aliphatic heterocycles. The average Bonchev–Trinajstić information content (AvgIpc) is 3.12. The minimum absolute atomic E-state index is 0.686. The Bertz CT molecular complexity index is 825. The molecule has 0 saturated carbocycles. The molecule has 3 aromatic rings. The Morgan fingerprint density at radius 1 is 1.00 bits per heavy atom. The summed E-state index contributed by atoms with van der Waals surface area (Å²) in [6.45, 7) is 6.57. The van der Waals surface area contributed by atoms with Gasteiger partial charge >= 0.3 is 0 Å². The van der Waals surface area contributed by atoms with E-state index in [0.29, 0.717) is 5.89 Å². The van der Waals surface area contributed by atoms with Gasteiger partial charge in [0.05, 0.1) is 12.7 Å². The van der Waals surface area contributed by atoms with Gasteiger partial charge in [0.1, 0.15) is 17.4 Å². The molecule has 0 aliphatic carbocycles. The van der Waals surface area contributed by atoms with Crippen LogP contribution in [0.25, 0.3) is 11.5 Å². The molecule has 0 radical (unpaired) electrons. The van der Waals surface area contributed by atoms with E-state index < -0.39 is 0 Å². The summed E-state index contributed by atoms with van der Waals surface area (Å²) < 4.78 is 5.91. The summed E-state index contributed by atoms with van der Waals surface area (Å²) in [6.07, 6.45) is 3.66. The Morgan fingerprint density at radius 3 is 2.56 bits per heavy atom. The molecule has 0 amide bonds. The zero-order valence-corrected chi connectivity index (χ0v) is 14.3. The zero-order chi connectivity index (χ0) is 17.1. The lowest BCUT2D eigenvalue weighted by Gasteiger charge is -2.34. The molecule has 0 bridgehead atoms. The molecule has 6 heteroatoms. The van der Waals surface area contributed by atoms with Crippen molar-refractivity contribution in [2.24, 2.45) is 0 Å². The van der Waals surface area contributed by atoms with Gasteiger partial charge in [0, 0.05) is 37.9 Å². The van der Waals surface area contributed by atoms with Crippen LogP contribution in [0, 0.1) is 6.92 Å². The second kappa shape index (κ2) is 7.03. The summed E-state index contributed by atoms with van der Waals surface area (Å²) in [4.78, 5) is 17.8. The highest BCUT2D eigenvalue weighted by Crippen LogP contribution is 2.20. The van der Waals surface area contributed by atoms with E-state index >= 15 is 0 Å². The van der Waals surface area contributed by atoms with Gasteiger partial charge in [0.15, 0.2) is 0 Å². The van der Waals surface area contributed by atoms with E-state index in [1.54, 1.807) is 0 Å². The van der Waals surface area contributed by atoms with Crippen LogP contribution < -0.4 is 4.90 Å². The van der Waals surface area contributed by atoms with E-state index in [2.05, 4.69) is 24.8 Å². The molecule has 0 atom stereocenters. The molecule has 0 unspecified atom stereocenters. The van der Waals surface area contributed by atoms with E-state index in [0.717, 1.165) is 55.7 Å². The number of piperazine rings is 1. The number of nitrogens with zero attached hydrogens (tertiary/aromatic N) is 5. The minimum Gasteiger partial charge on any atom is -0.440 e. The zero-order valence-electron chi connectivity index (χ0n) is 14.3. The predicted octanol–water partition coefficient (Wildman–Crippen LogP) is 2.76. The monoisotopic (exact) mass is 335 g/mol. The maximum atomic E-state index is 5.91. The number of aryl methyl sites for hydroxylation is 1. The summed E-state index contributed by atoms with van der Waals surface area (Å²) >= 11 is 0. The topological polar surface area (TPSA) is 58.3 Å². The average molecular weight is 335 g/mol. The van der Waals surface area contributed by atoms with Gasteiger partial charge in [-0.25, -0.2) is 15.0 Å². The maximum Gasteiger partial charge on any atom is 0.226 e. The van der Waals surface area contributed by atoms with Crippen molar-refractivity contribution in [1.29, 1.82) is 0 Å². The summed E-state index contributed by atoms with van der Waals surface area (Å²) in [6, 6.07) is 12.0. The Morgan fingerprint density at radius 2 is 1.80 bits per heavy atom. The second-order valence-electron chi connectivity index (χ2n) is 6.22. The van der Waals surface area contributed by atoms with Crippen molar-refractivity contribution in [2.75, 3.05) is 31.1 Å². The molecule has 1 aromatic carbocycles. The van der Waals surface area contributed by atoms with Gasteiger partial charge in [0.2, 0.25) is 5.89 Å². The quantitative estimate of drug-likeness (QED) is 0.731. The first-order valence-corrected chi connectivity index (χ1v) is 8.55. The van der Waals surface area contributed by atoms with Crippen LogP contribution in [0.4, 0.5) is 5.82 Å². The molecule has 25 heavy (non-hydrogen) atoms. The van der Waals surface area contributed by atoms with Crippen LogP contribution in [0.2, 0.25) is 0 Å². The molecule has 4 rings (SSSR count). The fourth-order valence-corrected chi connectivity index (χ4v) is 3.07. The molecule has 3 heterocycles. The summed E-state index contributed by atoms with van der Waals surface area (Å²) in [7, 11) is 0. The van der Waals surface area contributed by atoms with Crippen LogP contribution in [-0.4, -0.2) is 46.0 Å². The van der Waals surface area contributed by atoms with Crippen LogP contribution in [0.15, 0.2) is 53.2 Å². The molecule has 2 aromatic heterocycles. The number of rotatable bonds is 4. The van der Waals surface area contributed by atoms with Gasteiger partial charge in [-0.3, -0.25) is 4.90 Å². The molecule has 1 saturated heterocycles. The molecule has 1 fully saturated rings. The van der Waals surface area contributed by atoms with Crippen molar-refractivity contribution < 1.29 is 4.42 Å². The largest absolute Gasteiger partial charge is 0.440 e. The van der Waals surface area contributed by atoms with Crippen molar-refractivity contribution in [2.45, 2.75) is 13.5 Å². The first-order chi connectivity index (χ1) is 12.3. The van der Waals surface area contributed by atoms with Crippen LogP contribution in [-0.2, 0) is 6.54 Å². The van der Waals surface area contributed by atoms with Crippen LogP contribution in [0.5, 0.6) is 0 Å². The molecular weight excluding hydrogens is 314 g/mol. The lowest BCUT2D eigenvalue weighted by Crippen LogP contribution is -2.46. The van der Waals surface area contributed by atoms with E-state index in [-0.39, 0.29) is 0 Å². The van der Waals surface area contributed by atoms with Crippen molar-refractivity contribution >= 4 is 5.82 Å². The number of hydrogen-bond acceptors (Lipinski definition) is 6. The third-order valence-corrected chi connectivity index (χ3v) is 4.41. The Kier molecular flexibility index (Phi) is 4.43. The van der Waals surface area contributed by atoms with Crippen molar-refractivity contribution in [3.63, 3.8) is 0 Å². The van der Waals surface area contributed by atoms with Gasteiger partial charge in [-0.2, -0.15) is 0 Å². The predicted molar refractivity (Wildman–Crippen MR) is 96.2 cm³/mol. The van der Waals surface area contributed by atoms with Crippen LogP contribution in [0.3, 0.4) is 0 Å².